The van der Waals surface area contributed by atoms with E-state index in [0.717, 1.165) is 16.3 Å². The summed E-state index contributed by atoms with van der Waals surface area (Å²) >= 11 is 0. The molecule has 0 unspecified atom stereocenters. The summed E-state index contributed by atoms with van der Waals surface area (Å²) in [6.45, 7) is 5.06. The topological polar surface area (TPSA) is 254 Å². The Morgan fingerprint density at radius 2 is 1.58 bits per heavy atom. The lowest BCUT2D eigenvalue weighted by Crippen LogP contribution is -2.47. The highest BCUT2D eigenvalue weighted by Gasteiger charge is 2.49. The van der Waals surface area contributed by atoms with Crippen LogP contribution in [0.5, 0.6) is 0 Å². The lowest BCUT2D eigenvalue weighted by atomic mass is 10.2. The van der Waals surface area contributed by atoms with E-state index in [1.807, 2.05) is 30.3 Å². The van der Waals surface area contributed by atoms with E-state index >= 15 is 0 Å². The number of aryl methyl sites for hydroxylation is 3. The molecule has 0 radical (unpaired) electrons. The minimum absolute atomic E-state index is 0.0333. The maximum atomic E-state index is 13.3. The number of nitrogens with zero attached hydrogens (tertiary/aromatic N) is 5. The van der Waals surface area contributed by atoms with E-state index in [2.05, 4.69) is 9.40 Å². The maximum Gasteiger partial charge on any atom is 0.523 e. The van der Waals surface area contributed by atoms with Crippen LogP contribution in [0.3, 0.4) is 0 Å². The van der Waals surface area contributed by atoms with E-state index in [-0.39, 0.29) is 29.7 Å². The second kappa shape index (κ2) is 19.2. The quantitative estimate of drug-likeness (QED) is 0.0735. The fourth-order valence-corrected chi connectivity index (χ4v) is 6.56. The first-order chi connectivity index (χ1) is 27.3. The SMILES string of the molecule is Cc1cn([C@H]2C[C@@H](OS(=O)(=O)CCC[n+]3cc(COCc4ccccc4)n(C)n3)[C@@H](COS(=O)(=O)C(F)(F)F)O2)c(=O)n(C(=O)OC(C)(C)C)c1=O.O=S(=O)([O-])C(F)(F)F. The number of benzene rings is 1. The van der Waals surface area contributed by atoms with Gasteiger partial charge in [0.25, 0.3) is 15.7 Å². The molecule has 0 aliphatic carbocycles. The third-order valence-corrected chi connectivity index (χ3v) is 10.6. The van der Waals surface area contributed by atoms with Gasteiger partial charge in [0.05, 0.1) is 24.2 Å². The Morgan fingerprint density at radius 3 is 2.13 bits per heavy atom. The van der Waals surface area contributed by atoms with Crippen molar-refractivity contribution in [2.45, 2.75) is 95.3 Å². The Kier molecular flexibility index (Phi) is 16.0. The summed E-state index contributed by atoms with van der Waals surface area (Å²) in [5.41, 5.74) is -13.4. The van der Waals surface area contributed by atoms with Crippen LogP contribution < -0.4 is 15.9 Å². The molecule has 0 bridgehead atoms. The van der Waals surface area contributed by atoms with Gasteiger partial charge in [0.15, 0.2) is 22.0 Å². The van der Waals surface area contributed by atoms with Crippen molar-refractivity contribution in [3.8, 4) is 0 Å². The van der Waals surface area contributed by atoms with Crippen LogP contribution in [0.15, 0.2) is 52.3 Å². The molecule has 1 aliphatic rings. The highest BCUT2D eigenvalue weighted by atomic mass is 32.2. The van der Waals surface area contributed by atoms with Gasteiger partial charge in [-0.3, -0.25) is 17.7 Å². The van der Waals surface area contributed by atoms with E-state index in [1.165, 1.54) is 32.4 Å². The fraction of sp³-hybridized carbons (Fsp3) is 0.581. The van der Waals surface area contributed by atoms with E-state index in [0.29, 0.717) is 12.3 Å². The van der Waals surface area contributed by atoms with Crippen LogP contribution in [0.1, 0.15) is 56.7 Å². The van der Waals surface area contributed by atoms with Crippen LogP contribution in [-0.2, 0) is 79.7 Å². The summed E-state index contributed by atoms with van der Waals surface area (Å²) in [4.78, 5) is 38.8. The van der Waals surface area contributed by atoms with Gasteiger partial charge in [-0.2, -0.15) is 47.7 Å². The van der Waals surface area contributed by atoms with Crippen LogP contribution in [0, 0.1) is 6.92 Å². The highest BCUT2D eigenvalue weighted by Crippen LogP contribution is 2.33. The van der Waals surface area contributed by atoms with E-state index in [9.17, 15) is 57.6 Å². The van der Waals surface area contributed by atoms with Crippen molar-refractivity contribution in [1.82, 2.24) is 19.0 Å². The number of carbonyl (C=O) groups is 1. The molecule has 1 saturated heterocycles. The van der Waals surface area contributed by atoms with E-state index < -0.39 is 102 Å². The van der Waals surface area contributed by atoms with Gasteiger partial charge in [-0.25, -0.2) is 18.0 Å². The minimum Gasteiger partial charge on any atom is -0.741 e. The molecule has 338 valence electrons. The van der Waals surface area contributed by atoms with E-state index in [4.69, 9.17) is 31.4 Å². The Morgan fingerprint density at radius 1 is 0.983 bits per heavy atom. The molecule has 20 nitrogen and oxygen atoms in total. The van der Waals surface area contributed by atoms with Crippen LogP contribution in [0.4, 0.5) is 31.1 Å². The Hall–Kier alpha value is -4.26. The second-order valence-corrected chi connectivity index (χ2v) is 18.4. The summed E-state index contributed by atoms with van der Waals surface area (Å²) < 4.78 is 177. The molecule has 3 atom stereocenters. The Balaban J connectivity index is 0.00000109. The number of aromatic nitrogens is 5. The zero-order valence-corrected chi connectivity index (χ0v) is 34.5. The summed E-state index contributed by atoms with van der Waals surface area (Å²) in [5, 5.41) is 4.29. The molecule has 29 heteroatoms. The lowest BCUT2D eigenvalue weighted by Gasteiger charge is -2.21. The summed E-state index contributed by atoms with van der Waals surface area (Å²) in [7, 11) is -15.0. The second-order valence-electron chi connectivity index (χ2n) is 13.7. The predicted octanol–water partition coefficient (Wildman–Crippen LogP) is 1.85. The molecule has 1 aromatic carbocycles. The first-order valence-electron chi connectivity index (χ1n) is 17.0. The van der Waals surface area contributed by atoms with Crippen molar-refractivity contribution in [3.05, 3.63) is 80.4 Å². The molecule has 60 heavy (non-hydrogen) atoms. The molecule has 2 aromatic heterocycles. The third-order valence-electron chi connectivity index (χ3n) is 7.68. The van der Waals surface area contributed by atoms with Crippen LogP contribution in [0.25, 0.3) is 0 Å². The molecule has 0 saturated carbocycles. The number of rotatable bonds is 14. The highest BCUT2D eigenvalue weighted by molar-refractivity contribution is 7.87. The number of hydrogen-bond acceptors (Lipinski definition) is 16. The number of alkyl halides is 6. The van der Waals surface area contributed by atoms with E-state index in [1.54, 1.807) is 17.9 Å². The molecule has 0 N–H and O–H groups in total. The standard InChI is InChI=1S/C30H39F3N5O12S2.CHF3O3S/c1-20-15-37(27(40)38(26(20)39)28(41)49-29(2,3)4)25-14-23(24(48-25)19-47-52(44,45)30(31,32)33)50-51(42,43)13-9-12-36-16-22(35(5)34-36)18-46-17-21-10-7-6-8-11-21;2-1(3,4)8(5,6)7/h6-8,10-11,15-16,23-25H,9,12-14,17-19H2,1-5H3;(H,5,6,7)/q+1;/p-1/t23-,24-,25-;/m1./s1. The van der Waals surface area contributed by atoms with Crippen LogP contribution in [0.2, 0.25) is 0 Å². The minimum atomic E-state index is -6.14. The summed E-state index contributed by atoms with van der Waals surface area (Å²) in [6.07, 6.45) is -4.25. The lowest BCUT2D eigenvalue weighted by molar-refractivity contribution is -0.755. The van der Waals surface area contributed by atoms with Gasteiger partial charge >= 0.3 is 32.9 Å². The van der Waals surface area contributed by atoms with Crippen molar-refractivity contribution in [1.29, 1.82) is 0 Å². The zero-order chi connectivity index (χ0) is 45.6. The Bertz CT molecular complexity index is 2430. The summed E-state index contributed by atoms with van der Waals surface area (Å²) in [6, 6.07) is 9.49. The normalized spacial score (nSPS) is 17.9. The molecule has 0 spiro atoms. The van der Waals surface area contributed by atoms with Crippen LogP contribution in [-0.4, -0.2) is 96.1 Å². The smallest absolute Gasteiger partial charge is 0.523 e. The van der Waals surface area contributed by atoms with Gasteiger partial charge in [-0.1, -0.05) is 30.3 Å². The summed E-state index contributed by atoms with van der Waals surface area (Å²) in [5.74, 6) is -0.603. The molecule has 4 rings (SSSR count). The molecular formula is C31H39F6N5O15S3. The molecule has 1 aliphatic heterocycles. The number of hydrogen-bond donors (Lipinski definition) is 0. The maximum absolute atomic E-state index is 13.3. The van der Waals surface area contributed by atoms with Gasteiger partial charge in [0, 0.05) is 24.6 Å². The largest absolute Gasteiger partial charge is 0.741 e. The van der Waals surface area contributed by atoms with Gasteiger partial charge in [-0.15, -0.1) is 9.36 Å². The number of halogens is 6. The van der Waals surface area contributed by atoms with Crippen molar-refractivity contribution in [2.75, 3.05) is 12.4 Å². The molecule has 1 fully saturated rings. The van der Waals surface area contributed by atoms with Crippen LogP contribution >= 0.6 is 0 Å². The van der Waals surface area contributed by atoms with Gasteiger partial charge in [-0.05, 0) is 33.3 Å². The average molecular weight is 932 g/mol. The third kappa shape index (κ3) is 14.2. The van der Waals surface area contributed by atoms with Gasteiger partial charge in [0.2, 0.25) is 0 Å². The van der Waals surface area contributed by atoms with Gasteiger partial charge in [0.1, 0.15) is 44.2 Å². The Labute approximate surface area is 338 Å². The molecule has 3 aromatic rings. The number of carbonyl (C=O) groups excluding carboxylic acids is 1. The zero-order valence-electron chi connectivity index (χ0n) is 32.1. The monoisotopic (exact) mass is 931 g/mol. The first-order valence-corrected chi connectivity index (χ1v) is 21.4. The van der Waals surface area contributed by atoms with Crippen molar-refractivity contribution in [2.24, 2.45) is 7.05 Å². The van der Waals surface area contributed by atoms with Crippen molar-refractivity contribution >= 4 is 36.4 Å². The molecular weight excluding hydrogens is 893 g/mol. The van der Waals surface area contributed by atoms with Crippen molar-refractivity contribution < 1.29 is 88.2 Å². The first kappa shape index (κ1) is 50.1. The average Bonchev–Trinajstić information content (AvgIpc) is 3.65. The number of ether oxygens (including phenoxy) is 3. The fourth-order valence-electron chi connectivity index (χ4n) is 4.96. The molecule has 3 heterocycles. The van der Waals surface area contributed by atoms with Crippen molar-refractivity contribution in [3.63, 3.8) is 0 Å². The predicted molar refractivity (Wildman–Crippen MR) is 188 cm³/mol. The molecule has 0 amide bonds. The van der Waals surface area contributed by atoms with Gasteiger partial charge < -0.3 is 18.8 Å².